The number of hydrogen-bond donors (Lipinski definition) is 1. The van der Waals surface area contributed by atoms with Crippen LogP contribution in [0, 0.1) is 12.7 Å². The van der Waals surface area contributed by atoms with Gasteiger partial charge in [-0.15, -0.1) is 0 Å². The zero-order chi connectivity index (χ0) is 10.7. The molecule has 0 saturated carbocycles. The molecule has 0 heterocycles. The smallest absolute Gasteiger partial charge is 0.177 e. The van der Waals surface area contributed by atoms with Crippen LogP contribution in [0.2, 0.25) is 0 Å². The van der Waals surface area contributed by atoms with Gasteiger partial charge in [-0.2, -0.15) is 0 Å². The minimum Gasteiger partial charge on any atom is -0.324 e. The number of aldehydes is 1. The van der Waals surface area contributed by atoms with Crippen molar-refractivity contribution in [3.8, 4) is 0 Å². The van der Waals surface area contributed by atoms with Gasteiger partial charge in [-0.25, -0.2) is 4.39 Å². The zero-order valence-corrected chi connectivity index (χ0v) is 7.71. The minimum atomic E-state index is -0.499. The van der Waals surface area contributed by atoms with E-state index in [-0.39, 0.29) is 23.5 Å². The number of Topliss-reactive ketones (excluding diaryl/α,β-unsaturated/α-hetero) is 1. The van der Waals surface area contributed by atoms with Gasteiger partial charge in [0.15, 0.2) is 12.1 Å². The Balaban J connectivity index is 3.34. The van der Waals surface area contributed by atoms with Crippen LogP contribution in [0.3, 0.4) is 0 Å². The Kier molecular flexibility index (Phi) is 3.09. The van der Waals surface area contributed by atoms with E-state index in [9.17, 15) is 14.0 Å². The highest BCUT2D eigenvalue weighted by Gasteiger charge is 2.12. The van der Waals surface area contributed by atoms with Crippen molar-refractivity contribution in [1.29, 1.82) is 0 Å². The molecule has 1 aromatic rings. The molecule has 74 valence electrons. The highest BCUT2D eigenvalue weighted by atomic mass is 19.1. The van der Waals surface area contributed by atoms with E-state index in [2.05, 4.69) is 0 Å². The summed E-state index contributed by atoms with van der Waals surface area (Å²) < 4.78 is 13.0. The fourth-order valence-electron chi connectivity index (χ4n) is 1.15. The van der Waals surface area contributed by atoms with Crippen molar-refractivity contribution in [1.82, 2.24) is 0 Å². The Morgan fingerprint density at radius 1 is 1.57 bits per heavy atom. The van der Waals surface area contributed by atoms with Crippen molar-refractivity contribution < 1.29 is 14.0 Å². The lowest BCUT2D eigenvalue weighted by Crippen LogP contribution is -2.16. The van der Waals surface area contributed by atoms with E-state index in [4.69, 9.17) is 5.73 Å². The normalized spacial score (nSPS) is 9.93. The average molecular weight is 195 g/mol. The maximum Gasteiger partial charge on any atom is 0.177 e. The summed E-state index contributed by atoms with van der Waals surface area (Å²) in [4.78, 5) is 21.8. The first-order valence-corrected chi connectivity index (χ1v) is 4.08. The summed E-state index contributed by atoms with van der Waals surface area (Å²) in [5.41, 5.74) is 5.71. The van der Waals surface area contributed by atoms with E-state index in [1.165, 1.54) is 13.0 Å². The monoisotopic (exact) mass is 195 g/mol. The summed E-state index contributed by atoms with van der Waals surface area (Å²) in [7, 11) is 0. The first kappa shape index (κ1) is 10.5. The molecule has 0 aliphatic heterocycles. The van der Waals surface area contributed by atoms with Gasteiger partial charge in [0.05, 0.1) is 6.54 Å². The molecule has 3 nitrogen and oxygen atoms in total. The lowest BCUT2D eigenvalue weighted by molar-refractivity contribution is 0.0994. The van der Waals surface area contributed by atoms with Crippen LogP contribution < -0.4 is 5.73 Å². The lowest BCUT2D eigenvalue weighted by atomic mass is 10.0. The molecule has 1 rings (SSSR count). The van der Waals surface area contributed by atoms with Gasteiger partial charge in [0.1, 0.15) is 5.82 Å². The Bertz CT molecular complexity index is 388. The molecule has 0 aliphatic carbocycles. The molecule has 0 unspecified atom stereocenters. The molecule has 0 saturated heterocycles. The van der Waals surface area contributed by atoms with Gasteiger partial charge in [0.2, 0.25) is 0 Å². The Labute approximate surface area is 80.7 Å². The number of hydrogen-bond acceptors (Lipinski definition) is 3. The van der Waals surface area contributed by atoms with Crippen molar-refractivity contribution >= 4 is 12.1 Å². The quantitative estimate of drug-likeness (QED) is 0.580. The maximum atomic E-state index is 13.0. The van der Waals surface area contributed by atoms with Gasteiger partial charge in [0, 0.05) is 11.1 Å². The van der Waals surface area contributed by atoms with E-state index < -0.39 is 5.82 Å². The fourth-order valence-corrected chi connectivity index (χ4v) is 1.15. The molecule has 0 aromatic heterocycles. The molecule has 0 fully saturated rings. The van der Waals surface area contributed by atoms with E-state index >= 15 is 0 Å². The number of aryl methyl sites for hydroxylation is 1. The largest absolute Gasteiger partial charge is 0.324 e. The molecule has 0 bridgehead atoms. The second kappa shape index (κ2) is 4.11. The van der Waals surface area contributed by atoms with E-state index in [0.29, 0.717) is 11.8 Å². The van der Waals surface area contributed by atoms with Gasteiger partial charge in [-0.05, 0) is 24.6 Å². The van der Waals surface area contributed by atoms with Crippen LogP contribution in [0.25, 0.3) is 0 Å². The molecule has 0 aliphatic rings. The lowest BCUT2D eigenvalue weighted by Gasteiger charge is -2.04. The molecule has 0 spiro atoms. The maximum absolute atomic E-state index is 13.0. The average Bonchev–Trinajstić information content (AvgIpc) is 2.20. The fraction of sp³-hybridized carbons (Fsp3) is 0.200. The Hall–Kier alpha value is -1.55. The summed E-state index contributed by atoms with van der Waals surface area (Å²) in [6.45, 7) is 1.34. The minimum absolute atomic E-state index is 0.0450. The standard InChI is InChI=1S/C10H10FNO2/c1-6-2-8(10(14)4-12)7(5-13)3-9(6)11/h2-3,5H,4,12H2,1H3. The number of rotatable bonds is 3. The number of halogens is 1. The topological polar surface area (TPSA) is 60.2 Å². The third kappa shape index (κ3) is 1.85. The molecule has 0 atom stereocenters. The summed E-state index contributed by atoms with van der Waals surface area (Å²) in [6, 6.07) is 2.39. The third-order valence-corrected chi connectivity index (χ3v) is 1.94. The molecular formula is C10H10FNO2. The highest BCUT2D eigenvalue weighted by molar-refractivity contribution is 6.03. The molecular weight excluding hydrogens is 185 g/mol. The van der Waals surface area contributed by atoms with Crippen molar-refractivity contribution in [3.05, 3.63) is 34.6 Å². The van der Waals surface area contributed by atoms with Gasteiger partial charge in [-0.3, -0.25) is 9.59 Å². The second-order valence-corrected chi connectivity index (χ2v) is 2.93. The van der Waals surface area contributed by atoms with Gasteiger partial charge in [0.25, 0.3) is 0 Å². The first-order chi connectivity index (χ1) is 6.60. The summed E-state index contributed by atoms with van der Waals surface area (Å²) in [6.07, 6.45) is 0.450. The summed E-state index contributed by atoms with van der Waals surface area (Å²) in [5.74, 6) is -0.865. The molecule has 2 N–H and O–H groups in total. The van der Waals surface area contributed by atoms with E-state index in [1.54, 1.807) is 0 Å². The molecule has 1 aromatic carbocycles. The Morgan fingerprint density at radius 2 is 2.21 bits per heavy atom. The van der Waals surface area contributed by atoms with Gasteiger partial charge >= 0.3 is 0 Å². The summed E-state index contributed by atoms with van der Waals surface area (Å²) >= 11 is 0. The highest BCUT2D eigenvalue weighted by Crippen LogP contribution is 2.14. The predicted octanol–water partition coefficient (Wildman–Crippen LogP) is 1.09. The number of carbonyl (C=O) groups is 2. The SMILES string of the molecule is Cc1cc(C(=O)CN)c(C=O)cc1F. The van der Waals surface area contributed by atoms with Crippen LogP contribution in [0.15, 0.2) is 12.1 Å². The third-order valence-electron chi connectivity index (χ3n) is 1.94. The first-order valence-electron chi connectivity index (χ1n) is 4.08. The van der Waals surface area contributed by atoms with Crippen molar-refractivity contribution in [2.24, 2.45) is 5.73 Å². The van der Waals surface area contributed by atoms with Crippen LogP contribution >= 0.6 is 0 Å². The zero-order valence-electron chi connectivity index (χ0n) is 7.71. The number of carbonyl (C=O) groups excluding carboxylic acids is 2. The summed E-state index contributed by atoms with van der Waals surface area (Å²) in [5, 5.41) is 0. The van der Waals surface area contributed by atoms with Crippen LogP contribution in [-0.2, 0) is 0 Å². The number of ketones is 1. The van der Waals surface area contributed by atoms with Gasteiger partial charge < -0.3 is 5.73 Å². The van der Waals surface area contributed by atoms with E-state index in [1.807, 2.05) is 0 Å². The molecule has 14 heavy (non-hydrogen) atoms. The van der Waals surface area contributed by atoms with E-state index in [0.717, 1.165) is 6.07 Å². The number of benzene rings is 1. The van der Waals surface area contributed by atoms with Crippen LogP contribution in [-0.4, -0.2) is 18.6 Å². The van der Waals surface area contributed by atoms with Crippen molar-refractivity contribution in [2.75, 3.05) is 6.54 Å². The van der Waals surface area contributed by atoms with Crippen LogP contribution in [0.1, 0.15) is 26.3 Å². The second-order valence-electron chi connectivity index (χ2n) is 2.93. The van der Waals surface area contributed by atoms with Crippen molar-refractivity contribution in [2.45, 2.75) is 6.92 Å². The predicted molar refractivity (Wildman–Crippen MR) is 49.9 cm³/mol. The van der Waals surface area contributed by atoms with Gasteiger partial charge in [-0.1, -0.05) is 0 Å². The van der Waals surface area contributed by atoms with Crippen LogP contribution in [0.5, 0.6) is 0 Å². The molecule has 0 amide bonds. The van der Waals surface area contributed by atoms with Crippen molar-refractivity contribution in [3.63, 3.8) is 0 Å². The molecule has 0 radical (unpaired) electrons. The Morgan fingerprint density at radius 3 is 2.71 bits per heavy atom. The number of nitrogens with two attached hydrogens (primary N) is 1. The molecule has 4 heteroatoms. The van der Waals surface area contributed by atoms with Crippen LogP contribution in [0.4, 0.5) is 4.39 Å².